The number of halogens is 3. The summed E-state index contributed by atoms with van der Waals surface area (Å²) in [6.45, 7) is 8.18. The minimum Gasteiger partial charge on any atom is -0.494 e. The van der Waals surface area contributed by atoms with E-state index in [0.717, 1.165) is 60.6 Å². The van der Waals surface area contributed by atoms with Crippen molar-refractivity contribution in [1.29, 1.82) is 0 Å². The van der Waals surface area contributed by atoms with E-state index in [1.54, 1.807) is 25.9 Å². The van der Waals surface area contributed by atoms with Crippen molar-refractivity contribution in [3.63, 3.8) is 0 Å². The fourth-order valence-electron chi connectivity index (χ4n) is 6.49. The summed E-state index contributed by atoms with van der Waals surface area (Å²) in [6.07, 6.45) is -1.10. The van der Waals surface area contributed by atoms with E-state index < -0.39 is 23.2 Å². The number of benzene rings is 2. The van der Waals surface area contributed by atoms with Gasteiger partial charge in [0.1, 0.15) is 5.75 Å². The van der Waals surface area contributed by atoms with E-state index in [0.29, 0.717) is 24.3 Å². The fraction of sp³-hybridized carbons (Fsp3) is 0.576. The summed E-state index contributed by atoms with van der Waals surface area (Å²) in [4.78, 5) is 30.8. The van der Waals surface area contributed by atoms with Gasteiger partial charge in [0.2, 0.25) is 0 Å². The maximum Gasteiger partial charge on any atom is 0.430 e. The highest BCUT2D eigenvalue weighted by molar-refractivity contribution is 5.95. The first-order chi connectivity index (χ1) is 20.2. The number of carbonyl (C=O) groups is 2. The van der Waals surface area contributed by atoms with Crippen molar-refractivity contribution < 1.29 is 32.6 Å². The molecule has 0 radical (unpaired) electrons. The molecule has 0 aromatic heterocycles. The van der Waals surface area contributed by atoms with Crippen molar-refractivity contribution in [3.8, 4) is 5.75 Å². The van der Waals surface area contributed by atoms with E-state index >= 15 is 0 Å². The molecule has 0 bridgehead atoms. The van der Waals surface area contributed by atoms with E-state index in [4.69, 9.17) is 4.74 Å². The average molecular weight is 604 g/mol. The quantitative estimate of drug-likeness (QED) is 0.414. The Kier molecular flexibility index (Phi) is 9.69. The predicted molar refractivity (Wildman–Crippen MR) is 160 cm³/mol. The van der Waals surface area contributed by atoms with Gasteiger partial charge in [0.25, 0.3) is 17.4 Å². The van der Waals surface area contributed by atoms with Gasteiger partial charge in [0.05, 0.1) is 6.61 Å². The maximum atomic E-state index is 14.3. The molecule has 0 saturated carbocycles. The second-order valence-corrected chi connectivity index (χ2v) is 12.6. The Morgan fingerprint density at radius 2 is 1.70 bits per heavy atom. The zero-order valence-corrected chi connectivity index (χ0v) is 25.8. The van der Waals surface area contributed by atoms with Crippen molar-refractivity contribution in [3.05, 3.63) is 59.2 Å². The van der Waals surface area contributed by atoms with E-state index in [1.165, 1.54) is 12.1 Å². The summed E-state index contributed by atoms with van der Waals surface area (Å²) in [5.74, 6) is -0.702. The number of carbonyl (C=O) groups excluding carboxylic acids is 2. The van der Waals surface area contributed by atoms with Gasteiger partial charge in [-0.1, -0.05) is 19.1 Å². The molecule has 4 rings (SSSR count). The summed E-state index contributed by atoms with van der Waals surface area (Å²) in [7, 11) is 3.49. The van der Waals surface area contributed by atoms with Gasteiger partial charge >= 0.3 is 6.18 Å². The Morgan fingerprint density at radius 3 is 2.26 bits per heavy atom. The van der Waals surface area contributed by atoms with Crippen LogP contribution in [0.15, 0.2) is 42.5 Å². The van der Waals surface area contributed by atoms with E-state index in [9.17, 15) is 27.9 Å². The SMILES string of the molecule is CCOc1cccc([C@@](O)(C(=O)N2CCC(C)(CC3CCN(c4ccc(C(=O)N(C)C)c(C)c4)CC3)CC2)C(F)(F)F)c1. The molecule has 7 nitrogen and oxygen atoms in total. The summed E-state index contributed by atoms with van der Waals surface area (Å²) < 4.78 is 48.2. The predicted octanol–water partition coefficient (Wildman–Crippen LogP) is 5.78. The Bertz CT molecular complexity index is 1300. The molecule has 2 aromatic rings. The molecule has 1 N–H and O–H groups in total. The van der Waals surface area contributed by atoms with Gasteiger partial charge in [-0.25, -0.2) is 0 Å². The van der Waals surface area contributed by atoms with Gasteiger partial charge in [-0.15, -0.1) is 0 Å². The van der Waals surface area contributed by atoms with Crippen molar-refractivity contribution >= 4 is 17.5 Å². The van der Waals surface area contributed by atoms with Crippen LogP contribution < -0.4 is 9.64 Å². The molecule has 2 aromatic carbocycles. The van der Waals surface area contributed by atoms with Gasteiger partial charge in [-0.3, -0.25) is 9.59 Å². The van der Waals surface area contributed by atoms with Crippen LogP contribution in [0.25, 0.3) is 0 Å². The third kappa shape index (κ3) is 6.95. The molecule has 0 unspecified atom stereocenters. The van der Waals surface area contributed by atoms with Crippen LogP contribution in [0.4, 0.5) is 18.9 Å². The first-order valence-corrected chi connectivity index (χ1v) is 15.1. The molecule has 10 heteroatoms. The number of aliphatic hydroxyl groups is 1. The number of amides is 2. The molecular formula is C33H44F3N3O4. The Labute approximate surface area is 252 Å². The molecule has 2 heterocycles. The van der Waals surface area contributed by atoms with Crippen LogP contribution in [0.5, 0.6) is 5.75 Å². The highest BCUT2D eigenvalue weighted by Gasteiger charge is 2.62. The second kappa shape index (κ2) is 12.8. The number of hydrogen-bond acceptors (Lipinski definition) is 5. The number of anilines is 1. The van der Waals surface area contributed by atoms with Crippen molar-refractivity contribution in [2.75, 3.05) is 51.8 Å². The summed E-state index contributed by atoms with van der Waals surface area (Å²) in [6, 6.07) is 11.0. The first-order valence-electron chi connectivity index (χ1n) is 15.1. The molecule has 2 saturated heterocycles. The Balaban J connectivity index is 1.35. The maximum absolute atomic E-state index is 14.3. The number of likely N-dealkylation sites (tertiary alicyclic amines) is 1. The smallest absolute Gasteiger partial charge is 0.430 e. The van der Waals surface area contributed by atoms with E-state index in [1.807, 2.05) is 19.1 Å². The second-order valence-electron chi connectivity index (χ2n) is 12.6. The number of rotatable bonds is 8. The van der Waals surface area contributed by atoms with Crippen LogP contribution in [0.3, 0.4) is 0 Å². The molecule has 2 amide bonds. The number of hydrogen-bond donors (Lipinski definition) is 1. The minimum atomic E-state index is -5.19. The standard InChI is InChI=1S/C33H44F3N3O4/c1-6-43-27-9-7-8-25(21-27)32(42,33(34,35)36)30(41)39-18-14-31(3,15-19-39)22-24-12-16-38(17-13-24)26-10-11-28(23(2)20-26)29(40)37(4)5/h7-11,20-21,24,42H,6,12-19,22H2,1-5H3/t32-/m1/s1. The fourth-order valence-corrected chi connectivity index (χ4v) is 6.49. The van der Waals surface area contributed by atoms with Crippen molar-refractivity contribution in [1.82, 2.24) is 9.80 Å². The summed E-state index contributed by atoms with van der Waals surface area (Å²) >= 11 is 0. The molecule has 43 heavy (non-hydrogen) atoms. The normalized spacial score (nSPS) is 19.1. The van der Waals surface area contributed by atoms with E-state index in [-0.39, 0.29) is 36.8 Å². The zero-order chi connectivity index (χ0) is 31.6. The molecule has 0 spiro atoms. The molecule has 2 aliphatic rings. The van der Waals surface area contributed by atoms with Crippen LogP contribution in [-0.4, -0.2) is 79.8 Å². The number of piperidine rings is 2. The van der Waals surface area contributed by atoms with Gasteiger partial charge < -0.3 is 24.5 Å². The number of aryl methyl sites for hydroxylation is 1. The van der Waals surface area contributed by atoms with Gasteiger partial charge in [-0.05, 0) is 93.2 Å². The first kappa shape index (κ1) is 32.6. The average Bonchev–Trinajstić information content (AvgIpc) is 2.96. The van der Waals surface area contributed by atoms with Crippen LogP contribution in [0, 0.1) is 18.3 Å². The summed E-state index contributed by atoms with van der Waals surface area (Å²) in [5, 5.41) is 10.9. The lowest BCUT2D eigenvalue weighted by Gasteiger charge is -2.45. The highest BCUT2D eigenvalue weighted by Crippen LogP contribution is 2.45. The molecule has 2 aliphatic heterocycles. The monoisotopic (exact) mass is 603 g/mol. The lowest BCUT2D eigenvalue weighted by molar-refractivity contribution is -0.262. The zero-order valence-electron chi connectivity index (χ0n) is 25.8. The minimum absolute atomic E-state index is 0.0115. The van der Waals surface area contributed by atoms with Crippen LogP contribution in [0.1, 0.15) is 67.4 Å². The van der Waals surface area contributed by atoms with E-state index in [2.05, 4.69) is 17.9 Å². The lowest BCUT2D eigenvalue weighted by Crippen LogP contribution is -2.57. The molecular weight excluding hydrogens is 559 g/mol. The number of ether oxygens (including phenoxy) is 1. The third-order valence-corrected chi connectivity index (χ3v) is 9.15. The lowest BCUT2D eigenvalue weighted by atomic mass is 9.71. The van der Waals surface area contributed by atoms with Crippen LogP contribution >= 0.6 is 0 Å². The Morgan fingerprint density at radius 1 is 1.05 bits per heavy atom. The third-order valence-electron chi connectivity index (χ3n) is 9.15. The molecule has 1 atom stereocenters. The highest BCUT2D eigenvalue weighted by atomic mass is 19.4. The van der Waals surface area contributed by atoms with Crippen molar-refractivity contribution in [2.45, 2.75) is 64.7 Å². The number of nitrogens with zero attached hydrogens (tertiary/aromatic N) is 3. The molecule has 2 fully saturated rings. The molecule has 236 valence electrons. The number of alkyl halides is 3. The largest absolute Gasteiger partial charge is 0.494 e. The van der Waals surface area contributed by atoms with Crippen LogP contribution in [0.2, 0.25) is 0 Å². The molecule has 0 aliphatic carbocycles. The van der Waals surface area contributed by atoms with Gasteiger partial charge in [-0.2, -0.15) is 13.2 Å². The van der Waals surface area contributed by atoms with Crippen LogP contribution in [-0.2, 0) is 10.4 Å². The van der Waals surface area contributed by atoms with Gasteiger partial charge in [0, 0.05) is 57.1 Å². The van der Waals surface area contributed by atoms with Crippen molar-refractivity contribution in [2.24, 2.45) is 11.3 Å². The summed E-state index contributed by atoms with van der Waals surface area (Å²) in [5.41, 5.74) is -1.52. The van der Waals surface area contributed by atoms with Gasteiger partial charge in [0.15, 0.2) is 0 Å². The topological polar surface area (TPSA) is 73.3 Å². The Hall–Kier alpha value is -3.27.